The highest BCUT2D eigenvalue weighted by Gasteiger charge is 2.34. The fourth-order valence-corrected chi connectivity index (χ4v) is 3.64. The smallest absolute Gasteiger partial charge is 0.262 e. The first kappa shape index (κ1) is 20.2. The van der Waals surface area contributed by atoms with Gasteiger partial charge < -0.3 is 10.1 Å². The topological polar surface area (TPSA) is 41.6 Å². The second kappa shape index (κ2) is 8.76. The number of amides is 1. The van der Waals surface area contributed by atoms with Gasteiger partial charge in [0.05, 0.1) is 17.2 Å². The largest absolute Gasteiger partial charge is 0.494 e. The van der Waals surface area contributed by atoms with E-state index < -0.39 is 12.0 Å². The lowest BCUT2D eigenvalue weighted by Crippen LogP contribution is -2.43. The van der Waals surface area contributed by atoms with E-state index in [4.69, 9.17) is 16.3 Å². The van der Waals surface area contributed by atoms with Crippen molar-refractivity contribution in [1.29, 1.82) is 0 Å². The molecule has 4 nitrogen and oxygen atoms in total. The van der Waals surface area contributed by atoms with Crippen LogP contribution in [0.2, 0.25) is 5.02 Å². The first-order valence-electron chi connectivity index (χ1n) is 9.95. The average molecular weight is 425 g/mol. The van der Waals surface area contributed by atoms with Gasteiger partial charge >= 0.3 is 0 Å². The predicted molar refractivity (Wildman–Crippen MR) is 118 cm³/mol. The Kier molecular flexibility index (Phi) is 5.91. The van der Waals surface area contributed by atoms with Crippen molar-refractivity contribution in [3.05, 3.63) is 88.7 Å². The van der Waals surface area contributed by atoms with Gasteiger partial charge in [0, 0.05) is 11.4 Å². The van der Waals surface area contributed by atoms with Crippen molar-refractivity contribution >= 4 is 28.9 Å². The Labute approximate surface area is 180 Å². The molecule has 1 amide bonds. The quantitative estimate of drug-likeness (QED) is 0.463. The van der Waals surface area contributed by atoms with Crippen molar-refractivity contribution in [2.45, 2.75) is 25.9 Å². The molecule has 0 saturated heterocycles. The number of halogens is 2. The average Bonchev–Trinajstić information content (AvgIpc) is 2.76. The van der Waals surface area contributed by atoms with Crippen LogP contribution in [0.3, 0.4) is 0 Å². The lowest BCUT2D eigenvalue weighted by atomic mass is 10.0. The molecule has 30 heavy (non-hydrogen) atoms. The Bertz CT molecular complexity index is 1060. The van der Waals surface area contributed by atoms with Crippen LogP contribution in [0.1, 0.15) is 41.9 Å². The minimum absolute atomic E-state index is 0.0300. The fraction of sp³-hybridized carbons (Fsp3) is 0.208. The molecule has 0 aromatic heterocycles. The summed E-state index contributed by atoms with van der Waals surface area (Å²) >= 11 is 6.01. The van der Waals surface area contributed by atoms with Gasteiger partial charge in [-0.1, -0.05) is 49.2 Å². The fourth-order valence-electron chi connectivity index (χ4n) is 3.47. The Balaban J connectivity index is 1.71. The standard InChI is InChI=1S/C24H22ClFN2O2/c1-2-3-14-30-18-11-8-16(9-12-18)23-27-22-7-5-4-6-19(22)24(29)28(23)17-10-13-21(26)20(25)15-17/h4-13,15,23,27H,2-3,14H2,1H3/t23-/m0/s1. The highest BCUT2D eigenvalue weighted by atomic mass is 35.5. The monoisotopic (exact) mass is 424 g/mol. The molecule has 1 aliphatic heterocycles. The van der Waals surface area contributed by atoms with Gasteiger partial charge in [0.25, 0.3) is 5.91 Å². The van der Waals surface area contributed by atoms with Crippen molar-refractivity contribution in [2.75, 3.05) is 16.8 Å². The molecule has 0 unspecified atom stereocenters. The normalized spacial score (nSPS) is 15.5. The molecule has 0 aliphatic carbocycles. The highest BCUT2D eigenvalue weighted by Crippen LogP contribution is 2.38. The van der Waals surface area contributed by atoms with Gasteiger partial charge in [-0.2, -0.15) is 0 Å². The number of nitrogens with one attached hydrogen (secondary N) is 1. The molecular weight excluding hydrogens is 403 g/mol. The minimum atomic E-state index is -0.525. The van der Waals surface area contributed by atoms with Crippen LogP contribution in [-0.4, -0.2) is 12.5 Å². The molecule has 0 saturated carbocycles. The third-order valence-corrected chi connectivity index (χ3v) is 5.36. The lowest BCUT2D eigenvalue weighted by molar-refractivity contribution is 0.0975. The van der Waals surface area contributed by atoms with E-state index in [0.717, 1.165) is 29.8 Å². The number of ether oxygens (including phenoxy) is 1. The number of anilines is 2. The number of benzene rings is 3. The molecule has 3 aromatic rings. The number of hydrogen-bond donors (Lipinski definition) is 1. The molecule has 4 rings (SSSR count). The molecule has 3 aromatic carbocycles. The molecule has 1 heterocycles. The maximum atomic E-state index is 13.7. The maximum absolute atomic E-state index is 13.7. The molecule has 0 spiro atoms. The van der Waals surface area contributed by atoms with Gasteiger partial charge in [0.2, 0.25) is 0 Å². The van der Waals surface area contributed by atoms with Crippen molar-refractivity contribution < 1.29 is 13.9 Å². The molecule has 1 aliphatic rings. The molecule has 1 atom stereocenters. The Morgan fingerprint density at radius 1 is 1.10 bits per heavy atom. The van der Waals surface area contributed by atoms with Gasteiger partial charge in [-0.3, -0.25) is 9.69 Å². The van der Waals surface area contributed by atoms with Gasteiger partial charge in [-0.25, -0.2) is 4.39 Å². The van der Waals surface area contributed by atoms with Crippen LogP contribution >= 0.6 is 11.6 Å². The zero-order valence-electron chi connectivity index (χ0n) is 16.6. The summed E-state index contributed by atoms with van der Waals surface area (Å²) in [7, 11) is 0. The van der Waals surface area contributed by atoms with Crippen LogP contribution in [0.25, 0.3) is 0 Å². The molecule has 154 valence electrons. The number of hydrogen-bond acceptors (Lipinski definition) is 3. The van der Waals surface area contributed by atoms with E-state index in [1.807, 2.05) is 42.5 Å². The number of carbonyl (C=O) groups excluding carboxylic acids is 1. The number of unbranched alkanes of at least 4 members (excludes halogenated alkanes) is 1. The Hall–Kier alpha value is -3.05. The highest BCUT2D eigenvalue weighted by molar-refractivity contribution is 6.31. The summed E-state index contributed by atoms with van der Waals surface area (Å²) in [6.07, 6.45) is 1.59. The summed E-state index contributed by atoms with van der Waals surface area (Å²) in [5, 5.41) is 3.40. The molecule has 0 radical (unpaired) electrons. The van der Waals surface area contributed by atoms with E-state index in [1.165, 1.54) is 12.1 Å². The summed E-state index contributed by atoms with van der Waals surface area (Å²) in [5.41, 5.74) is 2.69. The van der Waals surface area contributed by atoms with E-state index in [2.05, 4.69) is 12.2 Å². The van der Waals surface area contributed by atoms with Gasteiger partial charge in [-0.15, -0.1) is 0 Å². The summed E-state index contributed by atoms with van der Waals surface area (Å²) in [5.74, 6) is 0.0785. The first-order valence-corrected chi connectivity index (χ1v) is 10.3. The summed E-state index contributed by atoms with van der Waals surface area (Å²) in [6, 6.07) is 19.3. The minimum Gasteiger partial charge on any atom is -0.494 e. The molecular formula is C24H22ClFN2O2. The number of fused-ring (bicyclic) bond motifs is 1. The van der Waals surface area contributed by atoms with Crippen molar-refractivity contribution in [2.24, 2.45) is 0 Å². The summed E-state index contributed by atoms with van der Waals surface area (Å²) in [4.78, 5) is 15.0. The van der Waals surface area contributed by atoms with Crippen molar-refractivity contribution in [1.82, 2.24) is 0 Å². The van der Waals surface area contributed by atoms with Crippen LogP contribution in [0.5, 0.6) is 5.75 Å². The lowest BCUT2D eigenvalue weighted by Gasteiger charge is -2.38. The molecule has 0 bridgehead atoms. The Morgan fingerprint density at radius 2 is 1.87 bits per heavy atom. The van der Waals surface area contributed by atoms with Gasteiger partial charge in [0.15, 0.2) is 0 Å². The number of para-hydroxylation sites is 1. The summed E-state index contributed by atoms with van der Waals surface area (Å²) < 4.78 is 19.5. The van der Waals surface area contributed by atoms with Crippen molar-refractivity contribution in [3.63, 3.8) is 0 Å². The van der Waals surface area contributed by atoms with Crippen LogP contribution < -0.4 is 15.0 Å². The van der Waals surface area contributed by atoms with Gasteiger partial charge in [-0.05, 0) is 54.4 Å². The number of nitrogens with zero attached hydrogens (tertiary/aromatic N) is 1. The van der Waals surface area contributed by atoms with Crippen LogP contribution in [0, 0.1) is 5.82 Å². The van der Waals surface area contributed by atoms with Gasteiger partial charge in [0.1, 0.15) is 17.7 Å². The van der Waals surface area contributed by atoms with E-state index >= 15 is 0 Å². The van der Waals surface area contributed by atoms with Crippen LogP contribution in [0.15, 0.2) is 66.7 Å². The third-order valence-electron chi connectivity index (χ3n) is 5.07. The zero-order valence-corrected chi connectivity index (χ0v) is 17.3. The van der Waals surface area contributed by atoms with E-state index in [1.54, 1.807) is 17.0 Å². The van der Waals surface area contributed by atoms with Crippen molar-refractivity contribution in [3.8, 4) is 5.75 Å². The molecule has 1 N–H and O–H groups in total. The number of rotatable bonds is 6. The third kappa shape index (κ3) is 3.98. The van der Waals surface area contributed by atoms with E-state index in [9.17, 15) is 9.18 Å². The van der Waals surface area contributed by atoms with Crippen LogP contribution in [-0.2, 0) is 0 Å². The maximum Gasteiger partial charge on any atom is 0.262 e. The summed E-state index contributed by atoms with van der Waals surface area (Å²) in [6.45, 7) is 2.79. The SMILES string of the molecule is CCCCOc1ccc([C@H]2Nc3ccccc3C(=O)N2c2ccc(F)c(Cl)c2)cc1. The number of carbonyl (C=O) groups is 1. The second-order valence-corrected chi connectivity index (χ2v) is 7.54. The van der Waals surface area contributed by atoms with Crippen LogP contribution in [0.4, 0.5) is 15.8 Å². The van der Waals surface area contributed by atoms with E-state index in [-0.39, 0.29) is 10.9 Å². The molecule has 0 fully saturated rings. The molecule has 6 heteroatoms. The predicted octanol–water partition coefficient (Wildman–Crippen LogP) is 6.43. The Morgan fingerprint density at radius 3 is 2.60 bits per heavy atom. The second-order valence-electron chi connectivity index (χ2n) is 7.14. The first-order chi connectivity index (χ1) is 14.6. The van der Waals surface area contributed by atoms with E-state index in [0.29, 0.717) is 17.9 Å². The zero-order chi connectivity index (χ0) is 21.1.